The lowest BCUT2D eigenvalue weighted by Crippen LogP contribution is -2.46. The van der Waals surface area contributed by atoms with Crippen LogP contribution in [0, 0.1) is 5.92 Å². The SMILES string of the molecule is CCC1CCNC(CN(Cc2ccco2)C2CC2)C1. The smallest absolute Gasteiger partial charge is 0.117 e. The molecule has 0 amide bonds. The molecule has 2 atom stereocenters. The van der Waals surface area contributed by atoms with Crippen LogP contribution in [-0.2, 0) is 6.54 Å². The van der Waals surface area contributed by atoms with Crippen LogP contribution in [0.1, 0.15) is 44.8 Å². The highest BCUT2D eigenvalue weighted by Crippen LogP contribution is 2.30. The Morgan fingerprint density at radius 2 is 2.26 bits per heavy atom. The molecule has 1 aromatic heterocycles. The molecule has 0 radical (unpaired) electrons. The maximum atomic E-state index is 5.51. The second-order valence-corrected chi connectivity index (χ2v) is 6.19. The molecule has 0 aromatic carbocycles. The summed E-state index contributed by atoms with van der Waals surface area (Å²) in [5.74, 6) is 2.03. The molecule has 1 aromatic rings. The number of furan rings is 1. The van der Waals surface area contributed by atoms with Crippen molar-refractivity contribution in [3.8, 4) is 0 Å². The molecule has 3 heteroatoms. The Hall–Kier alpha value is -0.800. The second kappa shape index (κ2) is 6.10. The predicted molar refractivity (Wildman–Crippen MR) is 76.9 cm³/mol. The van der Waals surface area contributed by atoms with E-state index in [2.05, 4.69) is 23.2 Å². The molecule has 2 fully saturated rings. The summed E-state index contributed by atoms with van der Waals surface area (Å²) in [6.45, 7) is 5.69. The van der Waals surface area contributed by atoms with Gasteiger partial charge in [0.15, 0.2) is 0 Å². The van der Waals surface area contributed by atoms with E-state index < -0.39 is 0 Å². The number of rotatable bonds is 6. The fourth-order valence-electron chi connectivity index (χ4n) is 3.27. The maximum absolute atomic E-state index is 5.51. The number of piperidine rings is 1. The third-order valence-corrected chi connectivity index (χ3v) is 4.64. The van der Waals surface area contributed by atoms with Crippen molar-refractivity contribution in [3.63, 3.8) is 0 Å². The summed E-state index contributed by atoms with van der Waals surface area (Å²) in [6.07, 6.45) is 8.55. The van der Waals surface area contributed by atoms with Crippen LogP contribution in [0.15, 0.2) is 22.8 Å². The molecular formula is C16H26N2O. The Labute approximate surface area is 116 Å². The summed E-state index contributed by atoms with van der Waals surface area (Å²) >= 11 is 0. The van der Waals surface area contributed by atoms with E-state index in [9.17, 15) is 0 Å². The van der Waals surface area contributed by atoms with Gasteiger partial charge in [0.2, 0.25) is 0 Å². The van der Waals surface area contributed by atoms with Crippen molar-refractivity contribution < 1.29 is 4.42 Å². The Bertz CT molecular complexity index is 372. The van der Waals surface area contributed by atoms with Crippen LogP contribution in [0.25, 0.3) is 0 Å². The monoisotopic (exact) mass is 262 g/mol. The molecule has 1 aliphatic heterocycles. The Balaban J connectivity index is 1.55. The number of hydrogen-bond donors (Lipinski definition) is 1. The highest BCUT2D eigenvalue weighted by atomic mass is 16.3. The molecule has 2 unspecified atom stereocenters. The molecule has 1 N–H and O–H groups in total. The van der Waals surface area contributed by atoms with Crippen LogP contribution < -0.4 is 5.32 Å². The van der Waals surface area contributed by atoms with E-state index in [1.165, 1.54) is 45.2 Å². The minimum Gasteiger partial charge on any atom is -0.468 e. The van der Waals surface area contributed by atoms with E-state index in [4.69, 9.17) is 4.42 Å². The van der Waals surface area contributed by atoms with Crippen LogP contribution in [0.4, 0.5) is 0 Å². The Morgan fingerprint density at radius 3 is 2.95 bits per heavy atom. The van der Waals surface area contributed by atoms with Crippen molar-refractivity contribution in [2.75, 3.05) is 13.1 Å². The molecule has 0 spiro atoms. The highest BCUT2D eigenvalue weighted by Gasteiger charge is 2.32. The van der Waals surface area contributed by atoms with Gasteiger partial charge in [-0.25, -0.2) is 0 Å². The molecule has 106 valence electrons. The Morgan fingerprint density at radius 1 is 1.37 bits per heavy atom. The summed E-state index contributed by atoms with van der Waals surface area (Å²) < 4.78 is 5.51. The molecule has 2 aliphatic rings. The van der Waals surface area contributed by atoms with E-state index in [1.54, 1.807) is 6.26 Å². The fourth-order valence-corrected chi connectivity index (χ4v) is 3.27. The molecule has 1 saturated heterocycles. The molecule has 0 bridgehead atoms. The summed E-state index contributed by atoms with van der Waals surface area (Å²) in [5, 5.41) is 3.70. The third-order valence-electron chi connectivity index (χ3n) is 4.64. The first-order valence-electron chi connectivity index (χ1n) is 7.85. The minimum atomic E-state index is 0.675. The lowest BCUT2D eigenvalue weighted by Gasteiger charge is -2.33. The minimum absolute atomic E-state index is 0.675. The highest BCUT2D eigenvalue weighted by molar-refractivity contribution is 5.00. The largest absolute Gasteiger partial charge is 0.468 e. The number of nitrogens with zero attached hydrogens (tertiary/aromatic N) is 1. The van der Waals surface area contributed by atoms with Crippen molar-refractivity contribution >= 4 is 0 Å². The van der Waals surface area contributed by atoms with Crippen LogP contribution in [0.5, 0.6) is 0 Å². The van der Waals surface area contributed by atoms with Gasteiger partial charge in [0, 0.05) is 18.6 Å². The van der Waals surface area contributed by atoms with Gasteiger partial charge in [-0.1, -0.05) is 13.3 Å². The van der Waals surface area contributed by atoms with Gasteiger partial charge in [-0.15, -0.1) is 0 Å². The van der Waals surface area contributed by atoms with Crippen molar-refractivity contribution in [2.45, 2.75) is 57.7 Å². The summed E-state index contributed by atoms with van der Waals surface area (Å²) in [4.78, 5) is 2.62. The molecule has 3 nitrogen and oxygen atoms in total. The number of nitrogens with one attached hydrogen (secondary N) is 1. The van der Waals surface area contributed by atoms with Crippen molar-refractivity contribution in [1.82, 2.24) is 10.2 Å². The topological polar surface area (TPSA) is 28.4 Å². The van der Waals surface area contributed by atoms with Gasteiger partial charge in [-0.3, -0.25) is 4.90 Å². The first kappa shape index (κ1) is 13.2. The normalized spacial score (nSPS) is 27.9. The van der Waals surface area contributed by atoms with Gasteiger partial charge in [-0.2, -0.15) is 0 Å². The summed E-state index contributed by atoms with van der Waals surface area (Å²) in [6, 6.07) is 5.56. The average molecular weight is 262 g/mol. The van der Waals surface area contributed by atoms with Crippen molar-refractivity contribution in [1.29, 1.82) is 0 Å². The maximum Gasteiger partial charge on any atom is 0.117 e. The first-order chi connectivity index (χ1) is 9.35. The van der Waals surface area contributed by atoms with E-state index in [-0.39, 0.29) is 0 Å². The third kappa shape index (κ3) is 3.61. The molecule has 19 heavy (non-hydrogen) atoms. The zero-order chi connectivity index (χ0) is 13.1. The zero-order valence-electron chi connectivity index (χ0n) is 12.0. The van der Waals surface area contributed by atoms with Crippen LogP contribution in [0.3, 0.4) is 0 Å². The van der Waals surface area contributed by atoms with Gasteiger partial charge in [0.05, 0.1) is 12.8 Å². The van der Waals surface area contributed by atoms with Crippen molar-refractivity contribution in [2.24, 2.45) is 5.92 Å². The van der Waals surface area contributed by atoms with Crippen LogP contribution in [0.2, 0.25) is 0 Å². The zero-order valence-corrected chi connectivity index (χ0v) is 12.0. The van der Waals surface area contributed by atoms with Gasteiger partial charge in [-0.05, 0) is 50.3 Å². The van der Waals surface area contributed by atoms with E-state index >= 15 is 0 Å². The number of hydrogen-bond acceptors (Lipinski definition) is 3. The van der Waals surface area contributed by atoms with Crippen LogP contribution >= 0.6 is 0 Å². The summed E-state index contributed by atoms with van der Waals surface area (Å²) in [5.41, 5.74) is 0. The molecule has 3 rings (SSSR count). The van der Waals surface area contributed by atoms with Gasteiger partial charge in [0.25, 0.3) is 0 Å². The molecule has 2 heterocycles. The lowest BCUT2D eigenvalue weighted by molar-refractivity contribution is 0.177. The second-order valence-electron chi connectivity index (χ2n) is 6.19. The van der Waals surface area contributed by atoms with E-state index in [0.29, 0.717) is 6.04 Å². The van der Waals surface area contributed by atoms with E-state index in [0.717, 1.165) is 24.3 Å². The summed E-state index contributed by atoms with van der Waals surface area (Å²) in [7, 11) is 0. The standard InChI is InChI=1S/C16H26N2O/c1-2-13-7-8-17-14(10-13)11-18(15-5-6-15)12-16-4-3-9-19-16/h3-4,9,13-15,17H,2,5-8,10-12H2,1H3. The first-order valence-corrected chi connectivity index (χ1v) is 7.85. The predicted octanol–water partition coefficient (Wildman–Crippen LogP) is 3.02. The lowest BCUT2D eigenvalue weighted by atomic mass is 9.90. The van der Waals surface area contributed by atoms with Gasteiger partial charge >= 0.3 is 0 Å². The average Bonchev–Trinajstić information content (AvgIpc) is 3.17. The van der Waals surface area contributed by atoms with Gasteiger partial charge < -0.3 is 9.73 Å². The van der Waals surface area contributed by atoms with Gasteiger partial charge in [0.1, 0.15) is 5.76 Å². The Kier molecular flexibility index (Phi) is 4.24. The molecule has 1 saturated carbocycles. The molecule has 1 aliphatic carbocycles. The van der Waals surface area contributed by atoms with E-state index in [1.807, 2.05) is 6.07 Å². The van der Waals surface area contributed by atoms with Crippen LogP contribution in [-0.4, -0.2) is 30.1 Å². The molecular weight excluding hydrogens is 236 g/mol. The fraction of sp³-hybridized carbons (Fsp3) is 0.750. The van der Waals surface area contributed by atoms with Crippen molar-refractivity contribution in [3.05, 3.63) is 24.2 Å². The quantitative estimate of drug-likeness (QED) is 0.854.